The lowest BCUT2D eigenvalue weighted by molar-refractivity contribution is -0.119. The third kappa shape index (κ3) is 3.02. The molecule has 20 heavy (non-hydrogen) atoms. The van der Waals surface area contributed by atoms with Crippen molar-refractivity contribution in [2.75, 3.05) is 5.32 Å². The SMILES string of the molecule is CCC(C(=O)Nc1cccc(C)c1C)n1cc(Cl)cn1. The predicted molar refractivity (Wildman–Crippen MR) is 81.1 cm³/mol. The molecule has 2 rings (SSSR count). The monoisotopic (exact) mass is 291 g/mol. The zero-order chi connectivity index (χ0) is 14.7. The summed E-state index contributed by atoms with van der Waals surface area (Å²) in [5, 5.41) is 7.61. The van der Waals surface area contributed by atoms with E-state index in [0.717, 1.165) is 16.8 Å². The molecule has 1 unspecified atom stereocenters. The van der Waals surface area contributed by atoms with E-state index in [1.807, 2.05) is 39.0 Å². The fourth-order valence-electron chi connectivity index (χ4n) is 2.08. The number of rotatable bonds is 4. The number of aryl methyl sites for hydroxylation is 1. The molecule has 1 amide bonds. The Morgan fingerprint density at radius 3 is 2.80 bits per heavy atom. The van der Waals surface area contributed by atoms with Crippen LogP contribution in [0.3, 0.4) is 0 Å². The van der Waals surface area contributed by atoms with Crippen molar-refractivity contribution in [3.8, 4) is 0 Å². The van der Waals surface area contributed by atoms with Gasteiger partial charge < -0.3 is 5.32 Å². The van der Waals surface area contributed by atoms with Crippen molar-refractivity contribution in [3.63, 3.8) is 0 Å². The number of carbonyl (C=O) groups is 1. The van der Waals surface area contributed by atoms with Gasteiger partial charge in [0.2, 0.25) is 5.91 Å². The number of hydrogen-bond donors (Lipinski definition) is 1. The fraction of sp³-hybridized carbons (Fsp3) is 0.333. The van der Waals surface area contributed by atoms with Crippen LogP contribution in [0.15, 0.2) is 30.6 Å². The normalized spacial score (nSPS) is 12.2. The number of benzene rings is 1. The number of anilines is 1. The molecule has 0 saturated heterocycles. The molecule has 0 spiro atoms. The molecule has 1 aromatic carbocycles. The molecular formula is C15H18ClN3O. The van der Waals surface area contributed by atoms with Gasteiger partial charge in [0, 0.05) is 11.9 Å². The Labute approximate surface area is 123 Å². The summed E-state index contributed by atoms with van der Waals surface area (Å²) >= 11 is 5.86. The molecule has 1 atom stereocenters. The lowest BCUT2D eigenvalue weighted by atomic mass is 10.1. The maximum absolute atomic E-state index is 12.4. The van der Waals surface area contributed by atoms with Crippen molar-refractivity contribution >= 4 is 23.2 Å². The van der Waals surface area contributed by atoms with Gasteiger partial charge in [-0.25, -0.2) is 0 Å². The van der Waals surface area contributed by atoms with Gasteiger partial charge >= 0.3 is 0 Å². The van der Waals surface area contributed by atoms with Crippen molar-refractivity contribution < 1.29 is 4.79 Å². The lowest BCUT2D eigenvalue weighted by Crippen LogP contribution is -2.26. The van der Waals surface area contributed by atoms with Gasteiger partial charge in [-0.05, 0) is 37.5 Å². The Bertz CT molecular complexity index is 621. The van der Waals surface area contributed by atoms with Crippen LogP contribution >= 0.6 is 11.6 Å². The summed E-state index contributed by atoms with van der Waals surface area (Å²) in [5.74, 6) is -0.0824. The largest absolute Gasteiger partial charge is 0.324 e. The molecule has 0 aliphatic heterocycles. The van der Waals surface area contributed by atoms with Gasteiger partial charge in [0.25, 0.3) is 0 Å². The van der Waals surface area contributed by atoms with E-state index < -0.39 is 0 Å². The number of nitrogens with zero attached hydrogens (tertiary/aromatic N) is 2. The van der Waals surface area contributed by atoms with Crippen LogP contribution in [0.2, 0.25) is 5.02 Å². The Morgan fingerprint density at radius 2 is 2.20 bits per heavy atom. The van der Waals surface area contributed by atoms with Gasteiger partial charge in [0.05, 0.1) is 11.2 Å². The first-order valence-electron chi connectivity index (χ1n) is 6.59. The van der Waals surface area contributed by atoms with Crippen LogP contribution in [-0.4, -0.2) is 15.7 Å². The van der Waals surface area contributed by atoms with E-state index >= 15 is 0 Å². The zero-order valence-corrected chi connectivity index (χ0v) is 12.6. The molecule has 2 aromatic rings. The molecule has 1 heterocycles. The first-order chi connectivity index (χ1) is 9.52. The highest BCUT2D eigenvalue weighted by Gasteiger charge is 2.20. The minimum Gasteiger partial charge on any atom is -0.324 e. The van der Waals surface area contributed by atoms with Gasteiger partial charge in [-0.1, -0.05) is 30.7 Å². The second kappa shape index (κ2) is 6.09. The molecule has 0 saturated carbocycles. The van der Waals surface area contributed by atoms with E-state index in [1.165, 1.54) is 6.20 Å². The van der Waals surface area contributed by atoms with E-state index in [-0.39, 0.29) is 11.9 Å². The zero-order valence-electron chi connectivity index (χ0n) is 11.9. The van der Waals surface area contributed by atoms with E-state index in [4.69, 9.17) is 11.6 Å². The highest BCUT2D eigenvalue weighted by atomic mass is 35.5. The van der Waals surface area contributed by atoms with Crippen LogP contribution in [0.4, 0.5) is 5.69 Å². The average molecular weight is 292 g/mol. The van der Waals surface area contributed by atoms with Gasteiger partial charge in [-0.2, -0.15) is 5.10 Å². The minimum absolute atomic E-state index is 0.0824. The van der Waals surface area contributed by atoms with Gasteiger partial charge in [0.1, 0.15) is 6.04 Å². The predicted octanol–water partition coefficient (Wildman–Crippen LogP) is 3.74. The molecule has 0 fully saturated rings. The summed E-state index contributed by atoms with van der Waals surface area (Å²) in [6, 6.07) is 5.50. The van der Waals surface area contributed by atoms with Crippen molar-refractivity contribution in [2.24, 2.45) is 0 Å². The molecule has 4 nitrogen and oxygen atoms in total. The van der Waals surface area contributed by atoms with Crippen molar-refractivity contribution in [1.29, 1.82) is 0 Å². The molecule has 1 N–H and O–H groups in total. The maximum atomic E-state index is 12.4. The highest BCUT2D eigenvalue weighted by Crippen LogP contribution is 2.21. The van der Waals surface area contributed by atoms with Gasteiger partial charge in [-0.15, -0.1) is 0 Å². The molecule has 0 aliphatic rings. The van der Waals surface area contributed by atoms with Crippen LogP contribution in [0.1, 0.15) is 30.5 Å². The standard InChI is InChI=1S/C15H18ClN3O/c1-4-14(19-9-12(16)8-17-19)15(20)18-13-7-5-6-10(2)11(13)3/h5-9,14H,4H2,1-3H3,(H,18,20). The Morgan fingerprint density at radius 1 is 1.45 bits per heavy atom. The van der Waals surface area contributed by atoms with Crippen molar-refractivity contribution in [2.45, 2.75) is 33.2 Å². The van der Waals surface area contributed by atoms with Gasteiger partial charge in [-0.3, -0.25) is 9.48 Å². The van der Waals surface area contributed by atoms with Crippen LogP contribution in [-0.2, 0) is 4.79 Å². The van der Waals surface area contributed by atoms with E-state index in [0.29, 0.717) is 11.4 Å². The molecular weight excluding hydrogens is 274 g/mol. The summed E-state index contributed by atoms with van der Waals surface area (Å²) in [6.45, 7) is 5.97. The van der Waals surface area contributed by atoms with E-state index in [1.54, 1.807) is 10.9 Å². The minimum atomic E-state index is -0.359. The number of hydrogen-bond acceptors (Lipinski definition) is 2. The van der Waals surface area contributed by atoms with Crippen LogP contribution in [0.5, 0.6) is 0 Å². The third-order valence-corrected chi connectivity index (χ3v) is 3.64. The summed E-state index contributed by atoms with van der Waals surface area (Å²) in [7, 11) is 0. The first-order valence-corrected chi connectivity index (χ1v) is 6.97. The van der Waals surface area contributed by atoms with E-state index in [2.05, 4.69) is 10.4 Å². The fourth-order valence-corrected chi connectivity index (χ4v) is 2.22. The Kier molecular flexibility index (Phi) is 4.45. The van der Waals surface area contributed by atoms with Crippen LogP contribution < -0.4 is 5.32 Å². The van der Waals surface area contributed by atoms with Crippen molar-refractivity contribution in [3.05, 3.63) is 46.7 Å². The second-order valence-corrected chi connectivity index (χ2v) is 5.24. The quantitative estimate of drug-likeness (QED) is 0.933. The van der Waals surface area contributed by atoms with Crippen LogP contribution in [0.25, 0.3) is 0 Å². The molecule has 0 radical (unpaired) electrons. The van der Waals surface area contributed by atoms with Crippen LogP contribution in [0, 0.1) is 13.8 Å². The molecule has 106 valence electrons. The molecule has 0 aliphatic carbocycles. The summed E-state index contributed by atoms with van der Waals surface area (Å²) in [6.07, 6.45) is 3.85. The number of carbonyl (C=O) groups excluding carboxylic acids is 1. The molecule has 1 aromatic heterocycles. The summed E-state index contributed by atoms with van der Waals surface area (Å²) < 4.78 is 1.60. The summed E-state index contributed by atoms with van der Waals surface area (Å²) in [5.41, 5.74) is 3.07. The Balaban J connectivity index is 2.20. The summed E-state index contributed by atoms with van der Waals surface area (Å²) in [4.78, 5) is 12.4. The third-order valence-electron chi connectivity index (χ3n) is 3.44. The average Bonchev–Trinajstić information content (AvgIpc) is 2.82. The van der Waals surface area contributed by atoms with Crippen molar-refractivity contribution in [1.82, 2.24) is 9.78 Å². The highest BCUT2D eigenvalue weighted by molar-refractivity contribution is 6.30. The van der Waals surface area contributed by atoms with Gasteiger partial charge in [0.15, 0.2) is 0 Å². The topological polar surface area (TPSA) is 46.9 Å². The first kappa shape index (κ1) is 14.6. The Hall–Kier alpha value is -1.81. The maximum Gasteiger partial charge on any atom is 0.249 e. The molecule has 5 heteroatoms. The van der Waals surface area contributed by atoms with E-state index in [9.17, 15) is 4.79 Å². The number of amides is 1. The number of aromatic nitrogens is 2. The molecule has 0 bridgehead atoms. The smallest absolute Gasteiger partial charge is 0.249 e. The second-order valence-electron chi connectivity index (χ2n) is 4.80. The number of halogens is 1. The lowest BCUT2D eigenvalue weighted by Gasteiger charge is -2.17. The number of nitrogens with one attached hydrogen (secondary N) is 1.